The number of rotatable bonds is 6. The quantitative estimate of drug-likeness (QED) is 0.406. The lowest BCUT2D eigenvalue weighted by Crippen LogP contribution is -2.38. The molecule has 0 aliphatic carbocycles. The second-order valence-electron chi connectivity index (χ2n) is 8.93. The van der Waals surface area contributed by atoms with Crippen molar-refractivity contribution in [1.82, 2.24) is 9.88 Å². The van der Waals surface area contributed by atoms with E-state index >= 15 is 0 Å². The van der Waals surface area contributed by atoms with E-state index in [9.17, 15) is 0 Å². The van der Waals surface area contributed by atoms with Gasteiger partial charge >= 0.3 is 0 Å². The van der Waals surface area contributed by atoms with Crippen molar-refractivity contribution in [2.75, 3.05) is 51.3 Å². The van der Waals surface area contributed by atoms with Crippen molar-refractivity contribution < 1.29 is 9.47 Å². The van der Waals surface area contributed by atoms with Crippen LogP contribution in [0.1, 0.15) is 11.3 Å². The van der Waals surface area contributed by atoms with Crippen molar-refractivity contribution in [3.05, 3.63) is 84.1 Å². The van der Waals surface area contributed by atoms with Crippen LogP contribution in [0.5, 0.6) is 5.75 Å². The molecule has 1 saturated heterocycles. The predicted molar refractivity (Wildman–Crippen MR) is 139 cm³/mol. The third kappa shape index (κ3) is 4.45. The summed E-state index contributed by atoms with van der Waals surface area (Å²) in [4.78, 5) is 5.93. The van der Waals surface area contributed by atoms with Crippen LogP contribution in [0.25, 0.3) is 33.7 Å². The number of nitrogens with one attached hydrogen (secondary N) is 2. The summed E-state index contributed by atoms with van der Waals surface area (Å²) in [6, 6.07) is 25.7. The number of H-pyrrole nitrogens is 1. The van der Waals surface area contributed by atoms with Crippen molar-refractivity contribution >= 4 is 28.2 Å². The van der Waals surface area contributed by atoms with Crippen LogP contribution >= 0.6 is 0 Å². The number of hydrogen-bond acceptors (Lipinski definition) is 4. The standard InChI is InChI=1S/C29H29N3O2/c1-2-4-21(5-3-1)22-6-8-27-24(20-30-29(27)19-22)17-25-16-23-18-26(7-9-28(23)31-25)34-15-12-32-10-13-33-14-11-32/h1-9,16-19,30-31H,10-15,20H2. The summed E-state index contributed by atoms with van der Waals surface area (Å²) in [6.07, 6.45) is 2.25. The third-order valence-corrected chi connectivity index (χ3v) is 6.66. The van der Waals surface area contributed by atoms with Crippen LogP contribution in [0.3, 0.4) is 0 Å². The zero-order chi connectivity index (χ0) is 22.7. The Bertz CT molecular complexity index is 1320. The van der Waals surface area contributed by atoms with E-state index in [2.05, 4.69) is 88.0 Å². The highest BCUT2D eigenvalue weighted by Gasteiger charge is 2.17. The van der Waals surface area contributed by atoms with Gasteiger partial charge < -0.3 is 19.8 Å². The number of anilines is 1. The molecule has 0 unspecified atom stereocenters. The van der Waals surface area contributed by atoms with Crippen LogP contribution in [0.2, 0.25) is 0 Å². The number of hydrogen-bond donors (Lipinski definition) is 2. The molecule has 2 N–H and O–H groups in total. The van der Waals surface area contributed by atoms with Gasteiger partial charge in [0.05, 0.1) is 13.2 Å². The minimum Gasteiger partial charge on any atom is -0.492 e. The summed E-state index contributed by atoms with van der Waals surface area (Å²) >= 11 is 0. The van der Waals surface area contributed by atoms with Crippen molar-refractivity contribution in [1.29, 1.82) is 0 Å². The molecule has 172 valence electrons. The molecule has 6 rings (SSSR count). The molecular formula is C29H29N3O2. The Hall–Kier alpha value is -3.54. The molecule has 0 saturated carbocycles. The lowest BCUT2D eigenvalue weighted by atomic mass is 10.0. The number of aromatic amines is 1. The largest absolute Gasteiger partial charge is 0.492 e. The number of fused-ring (bicyclic) bond motifs is 2. The van der Waals surface area contributed by atoms with Crippen molar-refractivity contribution in [3.63, 3.8) is 0 Å². The smallest absolute Gasteiger partial charge is 0.120 e. The highest BCUT2D eigenvalue weighted by Crippen LogP contribution is 2.35. The van der Waals surface area contributed by atoms with Gasteiger partial charge in [-0.3, -0.25) is 4.90 Å². The Morgan fingerprint density at radius 2 is 1.79 bits per heavy atom. The van der Waals surface area contributed by atoms with Crippen molar-refractivity contribution in [2.45, 2.75) is 0 Å². The lowest BCUT2D eigenvalue weighted by molar-refractivity contribution is 0.0322. The lowest BCUT2D eigenvalue weighted by Gasteiger charge is -2.26. The van der Waals surface area contributed by atoms with Gasteiger partial charge in [0.25, 0.3) is 0 Å². The number of morpholine rings is 1. The Labute approximate surface area is 200 Å². The summed E-state index contributed by atoms with van der Waals surface area (Å²) in [5.41, 5.74) is 8.46. The zero-order valence-electron chi connectivity index (χ0n) is 19.2. The minimum absolute atomic E-state index is 0.695. The van der Waals surface area contributed by atoms with E-state index in [4.69, 9.17) is 9.47 Å². The predicted octanol–water partition coefficient (Wildman–Crippen LogP) is 5.51. The van der Waals surface area contributed by atoms with E-state index in [0.717, 1.165) is 56.4 Å². The van der Waals surface area contributed by atoms with E-state index in [-0.39, 0.29) is 0 Å². The number of nitrogens with zero attached hydrogens (tertiary/aromatic N) is 1. The summed E-state index contributed by atoms with van der Waals surface area (Å²) in [5, 5.41) is 4.73. The van der Waals surface area contributed by atoms with E-state index in [1.807, 2.05) is 6.07 Å². The van der Waals surface area contributed by atoms with Crippen LogP contribution in [-0.4, -0.2) is 55.9 Å². The van der Waals surface area contributed by atoms with Gasteiger partial charge in [0, 0.05) is 54.0 Å². The van der Waals surface area contributed by atoms with Gasteiger partial charge in [-0.25, -0.2) is 0 Å². The molecule has 0 bridgehead atoms. The molecule has 0 spiro atoms. The molecule has 0 atom stereocenters. The third-order valence-electron chi connectivity index (χ3n) is 6.66. The van der Waals surface area contributed by atoms with Gasteiger partial charge in [-0.1, -0.05) is 42.5 Å². The van der Waals surface area contributed by atoms with Crippen LogP contribution < -0.4 is 10.1 Å². The zero-order valence-corrected chi connectivity index (χ0v) is 19.2. The normalized spacial score (nSPS) is 17.1. The molecule has 4 aromatic rings. The minimum atomic E-state index is 0.695. The first-order chi connectivity index (χ1) is 16.8. The average Bonchev–Trinajstić information content (AvgIpc) is 3.48. The topological polar surface area (TPSA) is 49.5 Å². The molecule has 34 heavy (non-hydrogen) atoms. The molecule has 5 heteroatoms. The maximum atomic E-state index is 6.03. The number of ether oxygens (including phenoxy) is 2. The first-order valence-corrected chi connectivity index (χ1v) is 12.0. The van der Waals surface area contributed by atoms with Crippen LogP contribution in [0.4, 0.5) is 5.69 Å². The molecule has 3 aromatic carbocycles. The second kappa shape index (κ2) is 9.37. The molecule has 0 radical (unpaired) electrons. The van der Waals surface area contributed by atoms with E-state index < -0.39 is 0 Å². The summed E-state index contributed by atoms with van der Waals surface area (Å²) in [6.45, 7) is 6.08. The van der Waals surface area contributed by atoms with Gasteiger partial charge in [-0.15, -0.1) is 0 Å². The van der Waals surface area contributed by atoms with Gasteiger partial charge in [0.2, 0.25) is 0 Å². The van der Waals surface area contributed by atoms with E-state index in [1.165, 1.54) is 33.3 Å². The van der Waals surface area contributed by atoms with Crippen LogP contribution in [0, 0.1) is 0 Å². The van der Waals surface area contributed by atoms with Gasteiger partial charge in [0.1, 0.15) is 12.4 Å². The highest BCUT2D eigenvalue weighted by atomic mass is 16.5. The van der Waals surface area contributed by atoms with Crippen molar-refractivity contribution in [3.8, 4) is 16.9 Å². The molecule has 5 nitrogen and oxygen atoms in total. The molecule has 2 aliphatic heterocycles. The average molecular weight is 452 g/mol. The van der Waals surface area contributed by atoms with Gasteiger partial charge in [-0.05, 0) is 53.1 Å². The second-order valence-corrected chi connectivity index (χ2v) is 8.93. The molecule has 2 aliphatic rings. The Morgan fingerprint density at radius 1 is 0.912 bits per heavy atom. The maximum Gasteiger partial charge on any atom is 0.120 e. The van der Waals surface area contributed by atoms with Gasteiger partial charge in [-0.2, -0.15) is 0 Å². The molecule has 1 aromatic heterocycles. The SMILES string of the molecule is C(=C1CNc2cc(-c3ccccc3)ccc21)c1cc2cc(OCCN3CCOCC3)ccc2[nH]1. The number of aromatic nitrogens is 1. The fraction of sp³-hybridized carbons (Fsp3) is 0.241. The van der Waals surface area contributed by atoms with Crippen LogP contribution in [0.15, 0.2) is 72.8 Å². The highest BCUT2D eigenvalue weighted by molar-refractivity contribution is 5.95. The first-order valence-electron chi connectivity index (χ1n) is 12.0. The fourth-order valence-corrected chi connectivity index (χ4v) is 4.80. The Morgan fingerprint density at radius 3 is 2.68 bits per heavy atom. The van der Waals surface area contributed by atoms with Gasteiger partial charge in [0.15, 0.2) is 0 Å². The monoisotopic (exact) mass is 451 g/mol. The summed E-state index contributed by atoms with van der Waals surface area (Å²) in [7, 11) is 0. The molecular weight excluding hydrogens is 422 g/mol. The fourth-order valence-electron chi connectivity index (χ4n) is 4.80. The molecule has 3 heterocycles. The van der Waals surface area contributed by atoms with E-state index in [0.29, 0.717) is 6.61 Å². The van der Waals surface area contributed by atoms with E-state index in [1.54, 1.807) is 0 Å². The summed E-state index contributed by atoms with van der Waals surface area (Å²) in [5.74, 6) is 0.917. The Kier molecular flexibility index (Phi) is 5.79. The van der Waals surface area contributed by atoms with Crippen LogP contribution in [-0.2, 0) is 4.74 Å². The van der Waals surface area contributed by atoms with Crippen molar-refractivity contribution in [2.24, 2.45) is 0 Å². The first kappa shape index (κ1) is 21.0. The Balaban J connectivity index is 1.17. The number of benzene rings is 3. The summed E-state index contributed by atoms with van der Waals surface area (Å²) < 4.78 is 11.4. The molecule has 0 amide bonds. The maximum absolute atomic E-state index is 6.03. The molecule has 1 fully saturated rings.